The van der Waals surface area contributed by atoms with Gasteiger partial charge in [0, 0.05) is 6.54 Å². The Morgan fingerprint density at radius 2 is 2.05 bits per heavy atom. The van der Waals surface area contributed by atoms with Gasteiger partial charge >= 0.3 is 0 Å². The molecular weight excluding hydrogens is 262 g/mol. The molecule has 0 amide bonds. The first-order valence-corrected chi connectivity index (χ1v) is 7.44. The Balaban J connectivity index is 1.96. The number of alkyl halides is 1. The average Bonchev–Trinajstić information content (AvgIpc) is 2.90. The largest absolute Gasteiger partial charge is 0.454 e. The molecule has 2 rings (SSSR count). The topological polar surface area (TPSA) is 21.7 Å². The summed E-state index contributed by atoms with van der Waals surface area (Å²) < 4.78 is 10.7. The fourth-order valence-corrected chi connectivity index (χ4v) is 2.53. The van der Waals surface area contributed by atoms with E-state index in [1.54, 1.807) is 0 Å². The highest BCUT2D eigenvalue weighted by atomic mass is 35.5. The van der Waals surface area contributed by atoms with Crippen LogP contribution in [0.25, 0.3) is 0 Å². The summed E-state index contributed by atoms with van der Waals surface area (Å²) in [5.74, 6) is 1.62. The highest BCUT2D eigenvalue weighted by Gasteiger charge is 2.18. The van der Waals surface area contributed by atoms with Crippen molar-refractivity contribution in [3.63, 3.8) is 0 Å². The zero-order chi connectivity index (χ0) is 13.7. The van der Waals surface area contributed by atoms with Crippen molar-refractivity contribution in [2.24, 2.45) is 0 Å². The standard InChI is InChI=1S/C15H22ClNO2/c1-3-5-8-17(4-2)10-13(16)12-6-7-14-15(9-12)19-11-18-14/h6-7,9,13H,3-5,8,10-11H2,1-2H3. The van der Waals surface area contributed by atoms with Gasteiger partial charge in [-0.1, -0.05) is 26.3 Å². The third-order valence-corrected chi connectivity index (χ3v) is 3.84. The lowest BCUT2D eigenvalue weighted by Crippen LogP contribution is -2.28. The van der Waals surface area contributed by atoms with Gasteiger partial charge in [0.15, 0.2) is 11.5 Å². The van der Waals surface area contributed by atoms with Crippen LogP contribution in [0.1, 0.15) is 37.6 Å². The summed E-state index contributed by atoms with van der Waals surface area (Å²) in [6, 6.07) is 5.96. The number of rotatable bonds is 7. The van der Waals surface area contributed by atoms with E-state index < -0.39 is 0 Å². The Morgan fingerprint density at radius 3 is 2.79 bits per heavy atom. The summed E-state index contributed by atoms with van der Waals surface area (Å²) in [5, 5.41) is -0.00805. The Hall–Kier alpha value is -0.930. The quantitative estimate of drug-likeness (QED) is 0.710. The highest BCUT2D eigenvalue weighted by molar-refractivity contribution is 6.21. The van der Waals surface area contributed by atoms with Crippen LogP contribution < -0.4 is 9.47 Å². The Morgan fingerprint density at radius 1 is 1.26 bits per heavy atom. The summed E-state index contributed by atoms with van der Waals surface area (Å²) in [5.41, 5.74) is 1.10. The van der Waals surface area contributed by atoms with Crippen LogP contribution in [0.2, 0.25) is 0 Å². The van der Waals surface area contributed by atoms with Gasteiger partial charge in [0.25, 0.3) is 0 Å². The van der Waals surface area contributed by atoms with Crippen molar-refractivity contribution in [1.29, 1.82) is 0 Å². The molecule has 0 saturated carbocycles. The lowest BCUT2D eigenvalue weighted by atomic mass is 10.1. The number of hydrogen-bond donors (Lipinski definition) is 0. The fourth-order valence-electron chi connectivity index (χ4n) is 2.20. The minimum Gasteiger partial charge on any atom is -0.454 e. The van der Waals surface area contributed by atoms with Gasteiger partial charge in [-0.2, -0.15) is 0 Å². The first-order valence-electron chi connectivity index (χ1n) is 7.00. The van der Waals surface area contributed by atoms with Gasteiger partial charge in [-0.05, 0) is 37.2 Å². The molecule has 4 heteroatoms. The van der Waals surface area contributed by atoms with Gasteiger partial charge in [0.05, 0.1) is 5.38 Å². The molecule has 0 bridgehead atoms. The molecule has 1 aliphatic rings. The molecule has 1 aromatic carbocycles. The Kier molecular flexibility index (Phi) is 5.34. The molecule has 0 N–H and O–H groups in total. The van der Waals surface area contributed by atoms with Gasteiger partial charge < -0.3 is 14.4 Å². The lowest BCUT2D eigenvalue weighted by molar-refractivity contribution is 0.174. The van der Waals surface area contributed by atoms with Crippen molar-refractivity contribution in [3.05, 3.63) is 23.8 Å². The smallest absolute Gasteiger partial charge is 0.231 e. The summed E-state index contributed by atoms with van der Waals surface area (Å²) in [7, 11) is 0. The summed E-state index contributed by atoms with van der Waals surface area (Å²) in [6.07, 6.45) is 2.44. The van der Waals surface area contributed by atoms with E-state index in [1.807, 2.05) is 18.2 Å². The van der Waals surface area contributed by atoms with Crippen LogP contribution in [-0.4, -0.2) is 31.3 Å². The van der Waals surface area contributed by atoms with Crippen LogP contribution in [0.5, 0.6) is 11.5 Å². The number of likely N-dealkylation sites (N-methyl/N-ethyl adjacent to an activating group) is 1. The van der Waals surface area contributed by atoms with Crippen LogP contribution in [0.15, 0.2) is 18.2 Å². The van der Waals surface area contributed by atoms with E-state index in [1.165, 1.54) is 12.8 Å². The van der Waals surface area contributed by atoms with E-state index in [0.29, 0.717) is 6.79 Å². The number of halogens is 1. The lowest BCUT2D eigenvalue weighted by Gasteiger charge is -2.23. The second kappa shape index (κ2) is 7.01. The molecule has 1 unspecified atom stereocenters. The zero-order valence-electron chi connectivity index (χ0n) is 11.7. The highest BCUT2D eigenvalue weighted by Crippen LogP contribution is 2.35. The third-order valence-electron chi connectivity index (χ3n) is 3.45. The van der Waals surface area contributed by atoms with Crippen molar-refractivity contribution in [3.8, 4) is 11.5 Å². The van der Waals surface area contributed by atoms with Crippen LogP contribution in [0, 0.1) is 0 Å². The van der Waals surface area contributed by atoms with Crippen molar-refractivity contribution < 1.29 is 9.47 Å². The predicted molar refractivity (Wildman–Crippen MR) is 78.2 cm³/mol. The fraction of sp³-hybridized carbons (Fsp3) is 0.600. The molecule has 1 aliphatic heterocycles. The monoisotopic (exact) mass is 283 g/mol. The van der Waals surface area contributed by atoms with Gasteiger partial charge in [-0.3, -0.25) is 0 Å². The van der Waals surface area contributed by atoms with Gasteiger partial charge in [0.2, 0.25) is 6.79 Å². The van der Waals surface area contributed by atoms with Gasteiger partial charge in [-0.15, -0.1) is 11.6 Å². The van der Waals surface area contributed by atoms with Crippen LogP contribution >= 0.6 is 11.6 Å². The Labute approximate surface area is 120 Å². The molecule has 3 nitrogen and oxygen atoms in total. The predicted octanol–water partition coefficient (Wildman–Crippen LogP) is 3.82. The zero-order valence-corrected chi connectivity index (χ0v) is 12.4. The van der Waals surface area contributed by atoms with Crippen LogP contribution in [0.3, 0.4) is 0 Å². The minimum atomic E-state index is -0.00805. The normalized spacial score (nSPS) is 14.9. The van der Waals surface area contributed by atoms with Crippen molar-refractivity contribution in [1.82, 2.24) is 4.90 Å². The number of unbranched alkanes of at least 4 members (excludes halogenated alkanes) is 1. The van der Waals surface area contributed by atoms with E-state index in [0.717, 1.165) is 36.7 Å². The molecule has 19 heavy (non-hydrogen) atoms. The Bertz CT molecular complexity index is 411. The first kappa shape index (κ1) is 14.5. The van der Waals surface area contributed by atoms with E-state index in [9.17, 15) is 0 Å². The molecule has 0 aromatic heterocycles. The van der Waals surface area contributed by atoms with Crippen molar-refractivity contribution in [2.75, 3.05) is 26.4 Å². The molecule has 0 fully saturated rings. The number of hydrogen-bond acceptors (Lipinski definition) is 3. The summed E-state index contributed by atoms with van der Waals surface area (Å²) >= 11 is 6.52. The SMILES string of the molecule is CCCCN(CC)CC(Cl)c1ccc2c(c1)OCO2. The van der Waals surface area contributed by atoms with E-state index in [-0.39, 0.29) is 5.38 Å². The van der Waals surface area contributed by atoms with Crippen LogP contribution in [-0.2, 0) is 0 Å². The second-order valence-corrected chi connectivity index (χ2v) is 5.35. The summed E-state index contributed by atoms with van der Waals surface area (Å²) in [4.78, 5) is 2.39. The number of fused-ring (bicyclic) bond motifs is 1. The summed E-state index contributed by atoms with van der Waals surface area (Å²) in [6.45, 7) is 7.72. The molecule has 1 heterocycles. The minimum absolute atomic E-state index is 0.00805. The number of ether oxygens (including phenoxy) is 2. The number of benzene rings is 1. The molecule has 0 radical (unpaired) electrons. The van der Waals surface area contributed by atoms with E-state index >= 15 is 0 Å². The van der Waals surface area contributed by atoms with Crippen molar-refractivity contribution >= 4 is 11.6 Å². The molecule has 0 spiro atoms. The molecule has 1 aromatic rings. The van der Waals surface area contributed by atoms with E-state index in [4.69, 9.17) is 21.1 Å². The van der Waals surface area contributed by atoms with E-state index in [2.05, 4.69) is 18.7 Å². The molecular formula is C15H22ClNO2. The molecule has 1 atom stereocenters. The van der Waals surface area contributed by atoms with Gasteiger partial charge in [0.1, 0.15) is 0 Å². The first-order chi connectivity index (χ1) is 9.24. The molecule has 106 valence electrons. The maximum atomic E-state index is 6.52. The maximum Gasteiger partial charge on any atom is 0.231 e. The third kappa shape index (κ3) is 3.77. The molecule has 0 saturated heterocycles. The average molecular weight is 284 g/mol. The maximum absolute atomic E-state index is 6.52. The second-order valence-electron chi connectivity index (χ2n) is 4.83. The molecule has 0 aliphatic carbocycles. The number of nitrogens with zero attached hydrogens (tertiary/aromatic N) is 1. The van der Waals surface area contributed by atoms with Crippen molar-refractivity contribution in [2.45, 2.75) is 32.1 Å². The van der Waals surface area contributed by atoms with Gasteiger partial charge in [-0.25, -0.2) is 0 Å². The van der Waals surface area contributed by atoms with Crippen LogP contribution in [0.4, 0.5) is 0 Å².